The molecule has 1 atom stereocenters. The van der Waals surface area contributed by atoms with E-state index in [-0.39, 0.29) is 35.8 Å². The fraction of sp³-hybridized carbons (Fsp3) is 0.200. The Hall–Kier alpha value is -3.06. The smallest absolute Gasteiger partial charge is 0.289 e. The van der Waals surface area contributed by atoms with Gasteiger partial charge in [-0.15, -0.1) is 0 Å². The van der Waals surface area contributed by atoms with Gasteiger partial charge in [-0.05, 0) is 41.9 Å². The van der Waals surface area contributed by atoms with Gasteiger partial charge in [-0.25, -0.2) is 4.39 Å². The zero-order valence-electron chi connectivity index (χ0n) is 14.7. The van der Waals surface area contributed by atoms with Crippen LogP contribution in [0.25, 0.3) is 0 Å². The van der Waals surface area contributed by atoms with Gasteiger partial charge >= 0.3 is 0 Å². The molecule has 3 heterocycles. The van der Waals surface area contributed by atoms with Gasteiger partial charge in [0.15, 0.2) is 22.8 Å². The van der Waals surface area contributed by atoms with Crippen LogP contribution in [-0.2, 0) is 11.4 Å². The van der Waals surface area contributed by atoms with E-state index in [4.69, 9.17) is 25.3 Å². The Kier molecular flexibility index (Phi) is 5.16. The topological polar surface area (TPSA) is 68.2 Å². The van der Waals surface area contributed by atoms with E-state index in [2.05, 4.69) is 5.16 Å². The number of amides is 1. The average molecular weight is 403 g/mol. The monoisotopic (exact) mass is 402 g/mol. The molecule has 0 fully saturated rings. The molecule has 1 unspecified atom stereocenters. The van der Waals surface area contributed by atoms with Crippen LogP contribution in [0.5, 0.6) is 0 Å². The molecular weight excluding hydrogens is 387 g/mol. The van der Waals surface area contributed by atoms with E-state index >= 15 is 0 Å². The summed E-state index contributed by atoms with van der Waals surface area (Å²) >= 11 is 5.80. The molecule has 8 heteroatoms. The van der Waals surface area contributed by atoms with Gasteiger partial charge in [-0.3, -0.25) is 4.79 Å². The van der Waals surface area contributed by atoms with Gasteiger partial charge in [0.1, 0.15) is 11.5 Å². The molecule has 0 N–H and O–H groups in total. The van der Waals surface area contributed by atoms with E-state index in [9.17, 15) is 9.18 Å². The lowest BCUT2D eigenvalue weighted by Crippen LogP contribution is -2.37. The Bertz CT molecular complexity index is 999. The number of carbonyl (C=O) groups excluding carboxylic acids is 1. The van der Waals surface area contributed by atoms with Crippen molar-refractivity contribution in [3.63, 3.8) is 0 Å². The normalized spacial score (nSPS) is 15.9. The molecule has 0 aliphatic carbocycles. The SMILES string of the molecule is O=C(c1ccco1)N(Cc1ccccc1F)CC1CC(c2ccc(Cl)o2)=NO1. The highest BCUT2D eigenvalue weighted by molar-refractivity contribution is 6.29. The molecule has 0 spiro atoms. The van der Waals surface area contributed by atoms with Crippen molar-refractivity contribution in [1.29, 1.82) is 0 Å². The first-order valence-electron chi connectivity index (χ1n) is 8.65. The first-order valence-corrected chi connectivity index (χ1v) is 9.02. The number of carbonyl (C=O) groups is 1. The maximum atomic E-state index is 14.1. The summed E-state index contributed by atoms with van der Waals surface area (Å²) < 4.78 is 24.7. The molecule has 6 nitrogen and oxygen atoms in total. The molecule has 1 amide bonds. The Morgan fingerprint density at radius 3 is 2.79 bits per heavy atom. The molecule has 0 radical (unpaired) electrons. The molecule has 1 aromatic carbocycles. The third-order valence-corrected chi connectivity index (χ3v) is 4.56. The number of hydrogen-bond acceptors (Lipinski definition) is 5. The van der Waals surface area contributed by atoms with E-state index in [0.717, 1.165) is 0 Å². The minimum absolute atomic E-state index is 0.0774. The van der Waals surface area contributed by atoms with Gasteiger partial charge in [0, 0.05) is 18.5 Å². The molecule has 0 saturated heterocycles. The largest absolute Gasteiger partial charge is 0.459 e. The van der Waals surface area contributed by atoms with Crippen molar-refractivity contribution in [2.24, 2.45) is 5.16 Å². The lowest BCUT2D eigenvalue weighted by Gasteiger charge is -2.24. The first kappa shape index (κ1) is 18.3. The molecule has 28 heavy (non-hydrogen) atoms. The molecule has 1 aliphatic heterocycles. The van der Waals surface area contributed by atoms with E-state index in [1.807, 2.05) is 0 Å². The van der Waals surface area contributed by atoms with Crippen LogP contribution in [0.3, 0.4) is 0 Å². The van der Waals surface area contributed by atoms with Crippen LogP contribution in [0, 0.1) is 5.82 Å². The fourth-order valence-electron chi connectivity index (χ4n) is 2.99. The van der Waals surface area contributed by atoms with Crippen molar-refractivity contribution in [2.45, 2.75) is 19.1 Å². The van der Waals surface area contributed by atoms with Crippen molar-refractivity contribution in [3.8, 4) is 0 Å². The predicted molar refractivity (Wildman–Crippen MR) is 99.6 cm³/mol. The van der Waals surface area contributed by atoms with E-state index in [1.165, 1.54) is 17.2 Å². The van der Waals surface area contributed by atoms with E-state index in [1.54, 1.807) is 42.5 Å². The van der Waals surface area contributed by atoms with Crippen LogP contribution in [0.2, 0.25) is 5.22 Å². The number of nitrogens with zero attached hydrogens (tertiary/aromatic N) is 2. The Morgan fingerprint density at radius 2 is 2.07 bits per heavy atom. The van der Waals surface area contributed by atoms with Gasteiger partial charge in [0.25, 0.3) is 5.91 Å². The molecule has 1 aliphatic rings. The van der Waals surface area contributed by atoms with Crippen molar-refractivity contribution in [1.82, 2.24) is 4.90 Å². The second-order valence-electron chi connectivity index (χ2n) is 6.33. The Labute approximate surface area is 165 Å². The second kappa shape index (κ2) is 7.90. The fourth-order valence-corrected chi connectivity index (χ4v) is 3.14. The zero-order chi connectivity index (χ0) is 19.5. The number of benzene rings is 1. The van der Waals surface area contributed by atoms with Crippen LogP contribution >= 0.6 is 11.6 Å². The van der Waals surface area contributed by atoms with Crippen molar-refractivity contribution in [2.75, 3.05) is 6.54 Å². The second-order valence-corrected chi connectivity index (χ2v) is 6.70. The quantitative estimate of drug-likeness (QED) is 0.608. The van der Waals surface area contributed by atoms with Gasteiger partial charge in [0.05, 0.1) is 12.8 Å². The zero-order valence-corrected chi connectivity index (χ0v) is 15.4. The Balaban J connectivity index is 1.50. The predicted octanol–water partition coefficient (Wildman–Crippen LogP) is 4.50. The third kappa shape index (κ3) is 3.94. The lowest BCUT2D eigenvalue weighted by molar-refractivity contribution is 0.0385. The third-order valence-electron chi connectivity index (χ3n) is 4.35. The summed E-state index contributed by atoms with van der Waals surface area (Å²) in [5.74, 6) is -0.0422. The van der Waals surface area contributed by atoms with Crippen LogP contribution in [0.1, 0.15) is 28.3 Å². The van der Waals surface area contributed by atoms with Crippen LogP contribution in [0.4, 0.5) is 4.39 Å². The summed E-state index contributed by atoms with van der Waals surface area (Å²) in [6, 6.07) is 12.9. The number of halogens is 2. The van der Waals surface area contributed by atoms with E-state index < -0.39 is 6.10 Å². The summed E-state index contributed by atoms with van der Waals surface area (Å²) in [5.41, 5.74) is 1.01. The summed E-state index contributed by atoms with van der Waals surface area (Å²) in [4.78, 5) is 19.8. The average Bonchev–Trinajstić information content (AvgIpc) is 3.44. The van der Waals surface area contributed by atoms with Crippen molar-refractivity contribution >= 4 is 23.2 Å². The number of oxime groups is 1. The summed E-state index contributed by atoms with van der Waals surface area (Å²) in [5, 5.41) is 4.29. The first-order chi connectivity index (χ1) is 13.6. The molecule has 0 saturated carbocycles. The van der Waals surface area contributed by atoms with Crippen molar-refractivity contribution < 1.29 is 22.9 Å². The van der Waals surface area contributed by atoms with E-state index in [0.29, 0.717) is 23.5 Å². The summed E-state index contributed by atoms with van der Waals surface area (Å²) in [6.45, 7) is 0.281. The minimum Gasteiger partial charge on any atom is -0.459 e. The van der Waals surface area contributed by atoms with Crippen molar-refractivity contribution in [3.05, 3.63) is 82.9 Å². The van der Waals surface area contributed by atoms with Gasteiger partial charge in [-0.1, -0.05) is 23.4 Å². The lowest BCUT2D eigenvalue weighted by atomic mass is 10.1. The van der Waals surface area contributed by atoms with Gasteiger partial charge in [-0.2, -0.15) is 0 Å². The molecular formula is C20H16ClFN2O4. The highest BCUT2D eigenvalue weighted by atomic mass is 35.5. The minimum atomic E-state index is -0.399. The molecule has 144 valence electrons. The number of furan rings is 2. The summed E-state index contributed by atoms with van der Waals surface area (Å²) in [7, 11) is 0. The highest BCUT2D eigenvalue weighted by Crippen LogP contribution is 2.23. The van der Waals surface area contributed by atoms with Crippen LogP contribution < -0.4 is 0 Å². The highest BCUT2D eigenvalue weighted by Gasteiger charge is 2.29. The maximum Gasteiger partial charge on any atom is 0.289 e. The molecule has 3 aromatic rings. The molecule has 4 rings (SSSR count). The molecule has 0 bridgehead atoms. The number of rotatable bonds is 6. The molecule has 2 aromatic heterocycles. The summed E-state index contributed by atoms with van der Waals surface area (Å²) in [6.07, 6.45) is 1.45. The Morgan fingerprint density at radius 1 is 1.21 bits per heavy atom. The maximum absolute atomic E-state index is 14.1. The van der Waals surface area contributed by atoms with Crippen LogP contribution in [0.15, 0.2) is 68.8 Å². The van der Waals surface area contributed by atoms with Crippen LogP contribution in [-0.4, -0.2) is 29.2 Å². The number of hydrogen-bond donors (Lipinski definition) is 0. The van der Waals surface area contributed by atoms with Gasteiger partial charge in [0.2, 0.25) is 0 Å². The standard InChI is InChI=1S/C20H16ClFN2O4/c21-19-8-7-17(27-19)16-10-14(28-23-16)12-24(20(25)18-6-3-9-26-18)11-13-4-1-2-5-15(13)22/h1-9,14H,10-12H2. The van der Waals surface area contributed by atoms with Gasteiger partial charge < -0.3 is 18.6 Å².